The smallest absolute Gasteiger partial charge is 0.239 e. The van der Waals surface area contributed by atoms with Crippen LogP contribution in [-0.2, 0) is 9.59 Å². The molecule has 0 saturated carbocycles. The number of benzene rings is 2. The molecular formula is C17H15ClF2N2O2. The summed E-state index contributed by atoms with van der Waals surface area (Å²) in [4.78, 5) is 24.6. The maximum atomic E-state index is 13.2. The van der Waals surface area contributed by atoms with Gasteiger partial charge in [0.2, 0.25) is 11.8 Å². The molecule has 2 N–H and O–H groups in total. The third-order valence-electron chi connectivity index (χ3n) is 3.41. The topological polar surface area (TPSA) is 58.2 Å². The lowest BCUT2D eigenvalue weighted by Crippen LogP contribution is -2.41. The molecule has 0 aliphatic rings. The van der Waals surface area contributed by atoms with E-state index < -0.39 is 28.9 Å². The van der Waals surface area contributed by atoms with Crippen LogP contribution < -0.4 is 10.6 Å². The van der Waals surface area contributed by atoms with E-state index in [1.807, 2.05) is 0 Å². The molecule has 126 valence electrons. The van der Waals surface area contributed by atoms with Gasteiger partial charge in [-0.15, -0.1) is 0 Å². The second-order valence-corrected chi connectivity index (χ2v) is 6.11. The lowest BCUT2D eigenvalue weighted by atomic mass is 9.90. The Labute approximate surface area is 142 Å². The molecule has 0 spiro atoms. The van der Waals surface area contributed by atoms with E-state index in [1.54, 1.807) is 24.3 Å². The summed E-state index contributed by atoms with van der Waals surface area (Å²) in [6.45, 7) is 2.85. The first-order chi connectivity index (χ1) is 11.2. The van der Waals surface area contributed by atoms with Gasteiger partial charge in [-0.1, -0.05) is 11.6 Å². The van der Waals surface area contributed by atoms with E-state index in [-0.39, 0.29) is 5.69 Å². The van der Waals surface area contributed by atoms with E-state index in [4.69, 9.17) is 11.6 Å². The first kappa shape index (κ1) is 17.9. The van der Waals surface area contributed by atoms with Gasteiger partial charge in [-0.2, -0.15) is 0 Å². The fourth-order valence-corrected chi connectivity index (χ4v) is 1.91. The van der Waals surface area contributed by atoms with Crippen LogP contribution in [0.25, 0.3) is 0 Å². The number of amides is 2. The highest BCUT2D eigenvalue weighted by atomic mass is 35.5. The van der Waals surface area contributed by atoms with Crippen LogP contribution in [0.5, 0.6) is 0 Å². The summed E-state index contributed by atoms with van der Waals surface area (Å²) < 4.78 is 26.1. The van der Waals surface area contributed by atoms with Gasteiger partial charge in [0, 0.05) is 22.5 Å². The minimum atomic E-state index is -1.44. The van der Waals surface area contributed by atoms with Crippen molar-refractivity contribution < 1.29 is 18.4 Å². The lowest BCUT2D eigenvalue weighted by Gasteiger charge is -2.22. The lowest BCUT2D eigenvalue weighted by molar-refractivity contribution is -0.135. The third kappa shape index (κ3) is 4.08. The Hall–Kier alpha value is -2.47. The van der Waals surface area contributed by atoms with Crippen molar-refractivity contribution >= 4 is 34.8 Å². The minimum Gasteiger partial charge on any atom is -0.325 e. The van der Waals surface area contributed by atoms with Crippen LogP contribution in [0.15, 0.2) is 42.5 Å². The van der Waals surface area contributed by atoms with Crippen LogP contribution >= 0.6 is 11.6 Å². The molecule has 0 unspecified atom stereocenters. The monoisotopic (exact) mass is 352 g/mol. The van der Waals surface area contributed by atoms with E-state index in [9.17, 15) is 18.4 Å². The summed E-state index contributed by atoms with van der Waals surface area (Å²) in [5, 5.41) is 5.52. The summed E-state index contributed by atoms with van der Waals surface area (Å²) in [6.07, 6.45) is 0. The number of halogens is 3. The summed E-state index contributed by atoms with van der Waals surface area (Å²) in [6, 6.07) is 9.36. The van der Waals surface area contributed by atoms with Crippen molar-refractivity contribution in [2.75, 3.05) is 10.6 Å². The Morgan fingerprint density at radius 2 is 1.38 bits per heavy atom. The molecule has 0 fully saturated rings. The van der Waals surface area contributed by atoms with Crippen molar-refractivity contribution in [3.63, 3.8) is 0 Å². The van der Waals surface area contributed by atoms with Gasteiger partial charge in [-0.05, 0) is 50.2 Å². The zero-order valence-corrected chi connectivity index (χ0v) is 13.7. The van der Waals surface area contributed by atoms with Gasteiger partial charge >= 0.3 is 0 Å². The highest BCUT2D eigenvalue weighted by Crippen LogP contribution is 2.23. The Morgan fingerprint density at radius 3 is 1.92 bits per heavy atom. The average Bonchev–Trinajstić information content (AvgIpc) is 2.53. The molecule has 2 aromatic carbocycles. The molecule has 2 amide bonds. The molecule has 4 nitrogen and oxygen atoms in total. The van der Waals surface area contributed by atoms with Gasteiger partial charge in [-0.25, -0.2) is 8.78 Å². The quantitative estimate of drug-likeness (QED) is 0.809. The van der Waals surface area contributed by atoms with Gasteiger partial charge < -0.3 is 10.6 Å². The predicted molar refractivity (Wildman–Crippen MR) is 88.9 cm³/mol. The van der Waals surface area contributed by atoms with Crippen molar-refractivity contribution in [2.45, 2.75) is 13.8 Å². The van der Waals surface area contributed by atoms with Crippen LogP contribution in [0.2, 0.25) is 5.02 Å². The maximum Gasteiger partial charge on any atom is 0.239 e. The molecule has 0 saturated heterocycles. The Bertz CT molecular complexity index is 777. The number of rotatable bonds is 4. The summed E-state index contributed by atoms with van der Waals surface area (Å²) in [7, 11) is 0. The van der Waals surface area contributed by atoms with Crippen LogP contribution in [0.4, 0.5) is 20.2 Å². The fraction of sp³-hybridized carbons (Fsp3) is 0.176. The second-order valence-electron chi connectivity index (χ2n) is 5.67. The summed E-state index contributed by atoms with van der Waals surface area (Å²) in [5.74, 6) is -3.31. The Balaban J connectivity index is 2.09. The molecule has 0 aromatic heterocycles. The first-order valence-electron chi connectivity index (χ1n) is 7.03. The molecule has 0 aliphatic carbocycles. The van der Waals surface area contributed by atoms with Crippen LogP contribution in [0, 0.1) is 17.0 Å². The van der Waals surface area contributed by atoms with Crippen molar-refractivity contribution in [3.8, 4) is 0 Å². The number of hydrogen-bond acceptors (Lipinski definition) is 2. The summed E-state index contributed by atoms with van der Waals surface area (Å²) in [5.41, 5.74) is -0.894. The Morgan fingerprint density at radius 1 is 0.875 bits per heavy atom. The standard InChI is InChI=1S/C17H15ClF2N2O2/c1-17(2,15(23)21-11-5-3-10(18)4-6-11)16(24)22-12-7-8-13(19)14(20)9-12/h3-9H,1-2H3,(H,21,23)(H,22,24). The average molecular weight is 353 g/mol. The number of carbonyl (C=O) groups excluding carboxylic acids is 2. The van der Waals surface area contributed by atoms with E-state index >= 15 is 0 Å². The SMILES string of the molecule is CC(C)(C(=O)Nc1ccc(Cl)cc1)C(=O)Nc1ccc(F)c(F)c1. The van der Waals surface area contributed by atoms with E-state index in [2.05, 4.69) is 10.6 Å². The normalized spacial score (nSPS) is 11.0. The van der Waals surface area contributed by atoms with E-state index in [0.29, 0.717) is 10.7 Å². The largest absolute Gasteiger partial charge is 0.325 e. The van der Waals surface area contributed by atoms with Gasteiger partial charge in [0.15, 0.2) is 11.6 Å². The molecule has 24 heavy (non-hydrogen) atoms. The van der Waals surface area contributed by atoms with Gasteiger partial charge in [0.1, 0.15) is 5.41 Å². The molecule has 0 heterocycles. The number of hydrogen-bond donors (Lipinski definition) is 2. The second kappa shape index (κ2) is 6.97. The highest BCUT2D eigenvalue weighted by molar-refractivity contribution is 6.30. The molecule has 7 heteroatoms. The molecule has 2 rings (SSSR count). The molecule has 0 atom stereocenters. The van der Waals surface area contributed by atoms with Crippen molar-refractivity contribution in [3.05, 3.63) is 59.1 Å². The van der Waals surface area contributed by atoms with Crippen LogP contribution in [0.1, 0.15) is 13.8 Å². The van der Waals surface area contributed by atoms with Crippen LogP contribution in [-0.4, -0.2) is 11.8 Å². The Kier molecular flexibility index (Phi) is 5.19. The molecular weight excluding hydrogens is 338 g/mol. The van der Waals surface area contributed by atoms with E-state index in [0.717, 1.165) is 12.1 Å². The number of nitrogens with one attached hydrogen (secondary N) is 2. The van der Waals surface area contributed by atoms with Gasteiger partial charge in [0.25, 0.3) is 0 Å². The molecule has 2 aromatic rings. The number of carbonyl (C=O) groups is 2. The van der Waals surface area contributed by atoms with Crippen molar-refractivity contribution in [1.82, 2.24) is 0 Å². The van der Waals surface area contributed by atoms with Gasteiger partial charge in [-0.3, -0.25) is 9.59 Å². The molecule has 0 radical (unpaired) electrons. The predicted octanol–water partition coefficient (Wildman–Crippen LogP) is 4.22. The van der Waals surface area contributed by atoms with Crippen molar-refractivity contribution in [2.24, 2.45) is 5.41 Å². The van der Waals surface area contributed by atoms with Gasteiger partial charge in [0.05, 0.1) is 0 Å². The molecule has 0 bridgehead atoms. The highest BCUT2D eigenvalue weighted by Gasteiger charge is 2.36. The van der Waals surface area contributed by atoms with E-state index in [1.165, 1.54) is 19.9 Å². The maximum absolute atomic E-state index is 13.2. The van der Waals surface area contributed by atoms with Crippen molar-refractivity contribution in [1.29, 1.82) is 0 Å². The third-order valence-corrected chi connectivity index (χ3v) is 3.67. The zero-order chi connectivity index (χ0) is 17.9. The zero-order valence-electron chi connectivity index (χ0n) is 13.0. The first-order valence-corrected chi connectivity index (χ1v) is 7.41. The minimum absolute atomic E-state index is 0.0614. The summed E-state index contributed by atoms with van der Waals surface area (Å²) >= 11 is 5.77. The molecule has 0 aliphatic heterocycles. The number of anilines is 2. The van der Waals surface area contributed by atoms with Crippen LogP contribution in [0.3, 0.4) is 0 Å². The fourth-order valence-electron chi connectivity index (χ4n) is 1.78.